The SMILES string of the molecule is CC(C)CN(Cc1ccc(O)cc1)C(=N)Sc1ccc2ccccc2c1. The molecular weight excluding hydrogens is 340 g/mol. The average Bonchev–Trinajstić information content (AvgIpc) is 2.62. The predicted octanol–water partition coefficient (Wildman–Crippen LogP) is 5.73. The van der Waals surface area contributed by atoms with Gasteiger partial charge in [0.15, 0.2) is 5.17 Å². The summed E-state index contributed by atoms with van der Waals surface area (Å²) >= 11 is 1.49. The highest BCUT2D eigenvalue weighted by Gasteiger charge is 2.14. The first-order chi connectivity index (χ1) is 12.5. The molecule has 0 spiro atoms. The number of phenols is 1. The number of amidine groups is 1. The third kappa shape index (κ3) is 4.79. The Bertz CT molecular complexity index is 890. The van der Waals surface area contributed by atoms with Gasteiger partial charge in [0, 0.05) is 18.0 Å². The van der Waals surface area contributed by atoms with Gasteiger partial charge in [0.25, 0.3) is 0 Å². The lowest BCUT2D eigenvalue weighted by atomic mass is 10.1. The molecule has 0 saturated carbocycles. The van der Waals surface area contributed by atoms with E-state index in [-0.39, 0.29) is 5.75 Å². The second-order valence-corrected chi connectivity index (χ2v) is 7.92. The maximum Gasteiger partial charge on any atom is 0.161 e. The number of fused-ring (bicyclic) bond motifs is 1. The van der Waals surface area contributed by atoms with Crippen molar-refractivity contribution in [2.75, 3.05) is 6.54 Å². The van der Waals surface area contributed by atoms with Gasteiger partial charge in [0.2, 0.25) is 0 Å². The molecule has 4 heteroatoms. The van der Waals surface area contributed by atoms with Crippen molar-refractivity contribution in [3.63, 3.8) is 0 Å². The lowest BCUT2D eigenvalue weighted by Gasteiger charge is -2.26. The maximum absolute atomic E-state index is 9.47. The lowest BCUT2D eigenvalue weighted by molar-refractivity contribution is 0.364. The van der Waals surface area contributed by atoms with E-state index >= 15 is 0 Å². The Hall–Kier alpha value is -2.46. The molecule has 3 aromatic rings. The first-order valence-electron chi connectivity index (χ1n) is 8.79. The molecule has 3 aromatic carbocycles. The third-order valence-electron chi connectivity index (χ3n) is 4.12. The van der Waals surface area contributed by atoms with Gasteiger partial charge in [-0.3, -0.25) is 5.41 Å². The van der Waals surface area contributed by atoms with Crippen LogP contribution < -0.4 is 0 Å². The van der Waals surface area contributed by atoms with Crippen molar-refractivity contribution < 1.29 is 5.11 Å². The van der Waals surface area contributed by atoms with Crippen LogP contribution in [0.15, 0.2) is 71.6 Å². The Balaban J connectivity index is 1.76. The van der Waals surface area contributed by atoms with Crippen molar-refractivity contribution in [2.45, 2.75) is 25.3 Å². The van der Waals surface area contributed by atoms with Crippen molar-refractivity contribution in [1.29, 1.82) is 5.41 Å². The average molecular weight is 365 g/mol. The third-order valence-corrected chi connectivity index (χ3v) is 5.06. The highest BCUT2D eigenvalue weighted by Crippen LogP contribution is 2.26. The summed E-state index contributed by atoms with van der Waals surface area (Å²) in [6, 6.07) is 21.8. The van der Waals surface area contributed by atoms with Crippen LogP contribution in [0.4, 0.5) is 0 Å². The topological polar surface area (TPSA) is 47.3 Å². The molecule has 0 unspecified atom stereocenters. The van der Waals surface area contributed by atoms with Crippen molar-refractivity contribution >= 4 is 27.7 Å². The molecule has 0 radical (unpaired) electrons. The van der Waals surface area contributed by atoms with Crippen LogP contribution in [0.2, 0.25) is 0 Å². The number of hydrogen-bond donors (Lipinski definition) is 2. The fourth-order valence-electron chi connectivity index (χ4n) is 2.89. The minimum Gasteiger partial charge on any atom is -0.508 e. The van der Waals surface area contributed by atoms with Gasteiger partial charge in [0.1, 0.15) is 5.75 Å². The zero-order valence-electron chi connectivity index (χ0n) is 15.1. The number of nitrogens with zero attached hydrogens (tertiary/aromatic N) is 1. The summed E-state index contributed by atoms with van der Waals surface area (Å²) < 4.78 is 0. The molecule has 0 saturated heterocycles. The number of phenolic OH excluding ortho intramolecular Hbond substituents is 1. The van der Waals surface area contributed by atoms with E-state index < -0.39 is 0 Å². The molecule has 0 aliphatic rings. The van der Waals surface area contributed by atoms with E-state index in [4.69, 9.17) is 5.41 Å². The Labute approximate surface area is 159 Å². The van der Waals surface area contributed by atoms with E-state index in [9.17, 15) is 5.11 Å². The second-order valence-electron chi connectivity index (χ2n) is 6.86. The minimum absolute atomic E-state index is 0.268. The van der Waals surface area contributed by atoms with E-state index in [1.807, 2.05) is 24.3 Å². The Morgan fingerprint density at radius 2 is 1.69 bits per heavy atom. The monoisotopic (exact) mass is 364 g/mol. The molecule has 2 N–H and O–H groups in total. The first kappa shape index (κ1) is 18.3. The van der Waals surface area contributed by atoms with Crippen LogP contribution in [0.3, 0.4) is 0 Å². The normalized spacial score (nSPS) is 11.0. The van der Waals surface area contributed by atoms with Crippen molar-refractivity contribution in [3.05, 3.63) is 72.3 Å². The summed E-state index contributed by atoms with van der Waals surface area (Å²) in [5.74, 6) is 0.731. The van der Waals surface area contributed by atoms with Gasteiger partial charge >= 0.3 is 0 Å². The largest absolute Gasteiger partial charge is 0.508 e. The molecular formula is C22H24N2OS. The quantitative estimate of drug-likeness (QED) is 0.345. The standard InChI is InChI=1S/C22H24N2OS/c1-16(2)14-24(15-17-7-10-20(25)11-8-17)22(23)26-21-12-9-18-5-3-4-6-19(18)13-21/h3-13,16,23,25H,14-15H2,1-2H3. The van der Waals surface area contributed by atoms with Crippen LogP contribution in [-0.4, -0.2) is 21.7 Å². The van der Waals surface area contributed by atoms with Gasteiger partial charge in [-0.1, -0.05) is 68.1 Å². The number of rotatable bonds is 5. The minimum atomic E-state index is 0.268. The van der Waals surface area contributed by atoms with Crippen LogP contribution in [0, 0.1) is 11.3 Å². The fourth-order valence-corrected chi connectivity index (χ4v) is 3.70. The highest BCUT2D eigenvalue weighted by molar-refractivity contribution is 8.13. The number of benzene rings is 3. The van der Waals surface area contributed by atoms with E-state index in [1.54, 1.807) is 12.1 Å². The molecule has 0 bridgehead atoms. The molecule has 0 fully saturated rings. The zero-order chi connectivity index (χ0) is 18.5. The summed E-state index contributed by atoms with van der Waals surface area (Å²) in [6.45, 7) is 5.81. The van der Waals surface area contributed by atoms with Gasteiger partial charge in [-0.25, -0.2) is 0 Å². The van der Waals surface area contributed by atoms with Gasteiger partial charge in [-0.05, 0) is 46.5 Å². The van der Waals surface area contributed by atoms with Gasteiger partial charge in [-0.2, -0.15) is 0 Å². The van der Waals surface area contributed by atoms with Crippen LogP contribution in [0.5, 0.6) is 5.75 Å². The summed E-state index contributed by atoms with van der Waals surface area (Å²) in [5, 5.41) is 21.0. The maximum atomic E-state index is 9.47. The van der Waals surface area contributed by atoms with Gasteiger partial charge in [0.05, 0.1) is 0 Å². The van der Waals surface area contributed by atoms with Gasteiger partial charge in [-0.15, -0.1) is 0 Å². The number of thioether (sulfide) groups is 1. The Morgan fingerprint density at radius 1 is 1.00 bits per heavy atom. The lowest BCUT2D eigenvalue weighted by Crippen LogP contribution is -2.31. The van der Waals surface area contributed by atoms with E-state index in [0.717, 1.165) is 17.0 Å². The molecule has 26 heavy (non-hydrogen) atoms. The number of nitrogens with one attached hydrogen (secondary N) is 1. The van der Waals surface area contributed by atoms with Crippen LogP contribution in [-0.2, 0) is 6.54 Å². The predicted molar refractivity (Wildman–Crippen MR) is 111 cm³/mol. The smallest absolute Gasteiger partial charge is 0.161 e. The van der Waals surface area contributed by atoms with Crippen molar-refractivity contribution in [3.8, 4) is 5.75 Å². The van der Waals surface area contributed by atoms with Crippen LogP contribution >= 0.6 is 11.8 Å². The summed E-state index contributed by atoms with van der Waals surface area (Å²) in [6.07, 6.45) is 0. The highest BCUT2D eigenvalue weighted by atomic mass is 32.2. The summed E-state index contributed by atoms with van der Waals surface area (Å²) in [7, 11) is 0. The molecule has 3 nitrogen and oxygen atoms in total. The molecule has 3 rings (SSSR count). The molecule has 0 atom stereocenters. The molecule has 0 aromatic heterocycles. The van der Waals surface area contributed by atoms with Crippen molar-refractivity contribution in [2.24, 2.45) is 5.92 Å². The van der Waals surface area contributed by atoms with Gasteiger partial charge < -0.3 is 10.0 Å². The number of aromatic hydroxyl groups is 1. The number of hydrogen-bond acceptors (Lipinski definition) is 3. The molecule has 0 amide bonds. The molecule has 0 aliphatic heterocycles. The summed E-state index contributed by atoms with van der Waals surface area (Å²) in [5.41, 5.74) is 1.09. The Kier molecular flexibility index (Phi) is 5.84. The van der Waals surface area contributed by atoms with Crippen LogP contribution in [0.1, 0.15) is 19.4 Å². The Morgan fingerprint density at radius 3 is 2.38 bits per heavy atom. The zero-order valence-corrected chi connectivity index (χ0v) is 16.0. The van der Waals surface area contributed by atoms with E-state index in [1.165, 1.54) is 22.5 Å². The van der Waals surface area contributed by atoms with E-state index in [0.29, 0.717) is 17.6 Å². The van der Waals surface area contributed by atoms with Crippen molar-refractivity contribution in [1.82, 2.24) is 4.90 Å². The molecule has 134 valence electrons. The summed E-state index contributed by atoms with van der Waals surface area (Å²) in [4.78, 5) is 3.17. The fraction of sp³-hybridized carbons (Fsp3) is 0.227. The second kappa shape index (κ2) is 8.28. The first-order valence-corrected chi connectivity index (χ1v) is 9.61. The van der Waals surface area contributed by atoms with E-state index in [2.05, 4.69) is 49.1 Å². The molecule has 0 heterocycles. The molecule has 0 aliphatic carbocycles. The van der Waals surface area contributed by atoms with Crippen LogP contribution in [0.25, 0.3) is 10.8 Å².